The average molecular weight is 658 g/mol. The second-order valence-corrected chi connectivity index (χ2v) is 8.95. The molecule has 0 radical (unpaired) electrons. The SMILES string of the molecule is C1=C\CCCC\C=C/1.O=S(=O)([O-])C(F)(F)F.O=S(=O)([O-])C(F)(F)F.O=S(=O)([O-])C(F)(F)F.[Rh+3]. The van der Waals surface area contributed by atoms with E-state index in [9.17, 15) is 39.5 Å². The van der Waals surface area contributed by atoms with Gasteiger partial charge in [-0.3, -0.25) is 0 Å². The molecule has 0 aromatic heterocycles. The topological polar surface area (TPSA) is 172 Å². The van der Waals surface area contributed by atoms with Crippen molar-refractivity contribution < 1.29 is 97.9 Å². The minimum Gasteiger partial charge on any atom is -0.741 e. The van der Waals surface area contributed by atoms with Crippen LogP contribution in [-0.2, 0) is 49.8 Å². The quantitative estimate of drug-likeness (QED) is 0.164. The Bertz CT molecular complexity index is 803. The van der Waals surface area contributed by atoms with E-state index in [1.54, 1.807) is 0 Å². The van der Waals surface area contributed by atoms with Crippen LogP contribution in [0.4, 0.5) is 39.5 Å². The van der Waals surface area contributed by atoms with E-state index in [2.05, 4.69) is 24.3 Å². The monoisotopic (exact) mass is 658 g/mol. The molecule has 0 atom stereocenters. The smallest absolute Gasteiger partial charge is 0.741 e. The van der Waals surface area contributed by atoms with Crippen LogP contribution < -0.4 is 0 Å². The van der Waals surface area contributed by atoms with Gasteiger partial charge in [0.25, 0.3) is 0 Å². The van der Waals surface area contributed by atoms with E-state index in [1.807, 2.05) is 0 Å². The summed E-state index contributed by atoms with van der Waals surface area (Å²) in [6.45, 7) is 0. The van der Waals surface area contributed by atoms with Crippen molar-refractivity contribution in [2.45, 2.75) is 42.2 Å². The van der Waals surface area contributed by atoms with Gasteiger partial charge in [-0.1, -0.05) is 24.3 Å². The minimum atomic E-state index is -6.09. The molecule has 33 heavy (non-hydrogen) atoms. The number of halogens is 9. The Labute approximate surface area is 194 Å². The molecule has 0 aromatic rings. The van der Waals surface area contributed by atoms with Crippen LogP contribution in [-0.4, -0.2) is 55.4 Å². The first-order chi connectivity index (χ1) is 13.8. The van der Waals surface area contributed by atoms with E-state index in [0.29, 0.717) is 0 Å². The van der Waals surface area contributed by atoms with Gasteiger partial charge in [0.05, 0.1) is 0 Å². The maximum absolute atomic E-state index is 10.7. The summed E-state index contributed by atoms with van der Waals surface area (Å²) in [7, 11) is -18.3. The molecule has 9 nitrogen and oxygen atoms in total. The third kappa shape index (κ3) is 22.7. The summed E-state index contributed by atoms with van der Waals surface area (Å²) in [5.41, 5.74) is -16.9. The van der Waals surface area contributed by atoms with Gasteiger partial charge >= 0.3 is 36.0 Å². The molecule has 1 aliphatic carbocycles. The Hall–Kier alpha value is -0.797. The summed E-state index contributed by atoms with van der Waals surface area (Å²) >= 11 is 0. The van der Waals surface area contributed by atoms with E-state index >= 15 is 0 Å². The van der Waals surface area contributed by atoms with Crippen LogP contribution >= 0.6 is 0 Å². The van der Waals surface area contributed by atoms with Crippen molar-refractivity contribution in [1.29, 1.82) is 0 Å². The molecule has 0 spiro atoms. The van der Waals surface area contributed by atoms with Crippen molar-refractivity contribution in [2.75, 3.05) is 0 Å². The molecule has 0 aliphatic heterocycles. The fraction of sp³-hybridized carbons (Fsp3) is 0.636. The first-order valence-electron chi connectivity index (χ1n) is 7.13. The molecular formula is C11H12F9O9RhS3. The van der Waals surface area contributed by atoms with Crippen molar-refractivity contribution in [3.63, 3.8) is 0 Å². The third-order valence-electron chi connectivity index (χ3n) is 2.23. The maximum Gasteiger partial charge on any atom is 3.00 e. The Morgan fingerprint density at radius 2 is 0.667 bits per heavy atom. The molecule has 0 amide bonds. The normalized spacial score (nSPS) is 17.0. The Morgan fingerprint density at radius 3 is 0.788 bits per heavy atom. The van der Waals surface area contributed by atoms with Crippen LogP contribution in [0.2, 0.25) is 0 Å². The van der Waals surface area contributed by atoms with E-state index in [1.165, 1.54) is 25.7 Å². The average Bonchev–Trinajstić information content (AvgIpc) is 2.41. The van der Waals surface area contributed by atoms with Gasteiger partial charge in [-0.05, 0) is 25.7 Å². The fourth-order valence-corrected chi connectivity index (χ4v) is 0.874. The van der Waals surface area contributed by atoms with Crippen molar-refractivity contribution in [3.05, 3.63) is 24.3 Å². The molecule has 1 aliphatic rings. The molecule has 0 fully saturated rings. The molecular weight excluding hydrogens is 646 g/mol. The van der Waals surface area contributed by atoms with Crippen molar-refractivity contribution in [1.82, 2.24) is 0 Å². The van der Waals surface area contributed by atoms with Gasteiger partial charge < -0.3 is 13.7 Å². The number of alkyl halides is 9. The second-order valence-electron chi connectivity index (χ2n) is 4.84. The zero-order valence-electron chi connectivity index (χ0n) is 15.3. The molecule has 0 saturated carbocycles. The van der Waals surface area contributed by atoms with E-state index in [-0.39, 0.29) is 19.5 Å². The molecule has 0 unspecified atom stereocenters. The molecule has 0 bridgehead atoms. The number of allylic oxidation sites excluding steroid dienone is 4. The van der Waals surface area contributed by atoms with Gasteiger partial charge in [0.2, 0.25) is 0 Å². The first-order valence-corrected chi connectivity index (χ1v) is 11.4. The Balaban J connectivity index is -0.000000168. The standard InChI is InChI=1S/C8H12.3CHF3O3S.Rh/c1-2-4-6-8-7-5-3-1;3*2-1(3,4)8(5,6)7;/h1-4H,5-8H2;3*(H,5,6,7);/q;;;;+3/p-3/b3-1-,4-2-;;;;. The van der Waals surface area contributed by atoms with Crippen LogP contribution in [0.3, 0.4) is 0 Å². The summed E-state index contributed by atoms with van der Waals surface area (Å²) in [4.78, 5) is 0. The van der Waals surface area contributed by atoms with E-state index in [0.717, 1.165) is 0 Å². The van der Waals surface area contributed by atoms with Crippen molar-refractivity contribution in [2.24, 2.45) is 0 Å². The predicted octanol–water partition coefficient (Wildman–Crippen LogP) is 2.82. The van der Waals surface area contributed by atoms with Gasteiger partial charge in [-0.2, -0.15) is 39.5 Å². The first kappa shape index (κ1) is 39.4. The molecule has 200 valence electrons. The predicted molar refractivity (Wildman–Crippen MR) is 84.0 cm³/mol. The van der Waals surface area contributed by atoms with Crippen LogP contribution in [0.25, 0.3) is 0 Å². The van der Waals surface area contributed by atoms with Gasteiger partial charge in [0, 0.05) is 0 Å². The maximum atomic E-state index is 10.7. The largest absolute Gasteiger partial charge is 3.00 e. The molecule has 0 N–H and O–H groups in total. The van der Waals surface area contributed by atoms with Crippen LogP contribution in [0.15, 0.2) is 24.3 Å². The zero-order chi connectivity index (χ0) is 26.7. The number of hydrogen-bond acceptors (Lipinski definition) is 9. The molecule has 22 heteroatoms. The van der Waals surface area contributed by atoms with Crippen LogP contribution in [0.1, 0.15) is 25.7 Å². The van der Waals surface area contributed by atoms with Crippen molar-refractivity contribution >= 4 is 30.4 Å². The summed E-state index contributed by atoms with van der Waals surface area (Å²) in [5, 5.41) is 0. The molecule has 0 saturated heterocycles. The summed E-state index contributed by atoms with van der Waals surface area (Å²) in [5.74, 6) is 0. The van der Waals surface area contributed by atoms with Gasteiger partial charge in [-0.25, -0.2) is 25.3 Å². The van der Waals surface area contributed by atoms with Crippen LogP contribution in [0, 0.1) is 0 Å². The zero-order valence-corrected chi connectivity index (χ0v) is 19.4. The summed E-state index contributed by atoms with van der Waals surface area (Å²) < 4.78 is 177. The Kier molecular flexibility index (Phi) is 18.2. The fourth-order valence-electron chi connectivity index (χ4n) is 0.874. The molecule has 0 heterocycles. The number of hydrogen-bond donors (Lipinski definition) is 0. The van der Waals surface area contributed by atoms with Gasteiger partial charge in [0.15, 0.2) is 30.4 Å². The second kappa shape index (κ2) is 15.3. The Morgan fingerprint density at radius 1 is 0.515 bits per heavy atom. The van der Waals surface area contributed by atoms with Crippen molar-refractivity contribution in [3.8, 4) is 0 Å². The molecule has 1 rings (SSSR count). The van der Waals surface area contributed by atoms with Crippen LogP contribution in [0.5, 0.6) is 0 Å². The van der Waals surface area contributed by atoms with Gasteiger partial charge in [0.1, 0.15) is 0 Å². The number of rotatable bonds is 0. The minimum absolute atomic E-state index is 0. The summed E-state index contributed by atoms with van der Waals surface area (Å²) in [6.07, 6.45) is 14.0. The summed E-state index contributed by atoms with van der Waals surface area (Å²) in [6, 6.07) is 0. The van der Waals surface area contributed by atoms with E-state index < -0.39 is 46.9 Å². The van der Waals surface area contributed by atoms with Gasteiger partial charge in [-0.15, -0.1) is 0 Å². The molecule has 0 aromatic carbocycles. The van der Waals surface area contributed by atoms with E-state index in [4.69, 9.17) is 38.9 Å². The third-order valence-corrected chi connectivity index (χ3v) is 3.93.